The number of alkyl halides is 1. The van der Waals surface area contributed by atoms with Gasteiger partial charge in [-0.1, -0.05) is 63.1 Å². The average Bonchev–Trinajstić information content (AvgIpc) is 2.98. The van der Waals surface area contributed by atoms with E-state index in [4.69, 9.17) is 13.9 Å². The monoisotopic (exact) mass is 606 g/mol. The van der Waals surface area contributed by atoms with Crippen LogP contribution in [0, 0.1) is 23.2 Å². The Labute approximate surface area is 222 Å². The first-order valence-corrected chi connectivity index (χ1v) is 17.3. The molecule has 7 heteroatoms. The van der Waals surface area contributed by atoms with Crippen molar-refractivity contribution in [2.45, 2.75) is 127 Å². The van der Waals surface area contributed by atoms with Crippen molar-refractivity contribution in [2.75, 3.05) is 6.61 Å². The highest BCUT2D eigenvalue weighted by Crippen LogP contribution is 2.58. The summed E-state index contributed by atoms with van der Waals surface area (Å²) in [5, 5.41) is 0.0552. The smallest absolute Gasteiger partial charge is 0.309 e. The lowest BCUT2D eigenvalue weighted by Gasteiger charge is -2.51. The molecule has 0 radical (unpaired) electrons. The van der Waals surface area contributed by atoms with Crippen LogP contribution in [0.3, 0.4) is 0 Å². The van der Waals surface area contributed by atoms with Crippen molar-refractivity contribution in [1.82, 2.24) is 0 Å². The molecule has 34 heavy (non-hydrogen) atoms. The number of carbonyl (C=O) groups excluding carboxylic acids is 2. The average molecular weight is 607 g/mol. The molecule has 0 N–H and O–H groups in total. The van der Waals surface area contributed by atoms with Gasteiger partial charge in [0, 0.05) is 16.3 Å². The Balaban J connectivity index is 2.01. The van der Waals surface area contributed by atoms with Crippen LogP contribution in [0.25, 0.3) is 0 Å². The molecular weight excluding hydrogens is 559 g/mol. The standard InChI is InChI=1S/C27H47IO5Si/c1-24(2,3)32-21(29)14-20-22(28)19-12-10-11-13-26(19,7)15-18-16-27(20,33-23(18)30)17-31-34(8,9)25(4,5)6/h18-20,22H,10-17H2,1-9H3/t18-,19+,20-,22-,26-,27+/m1/s1. The zero-order chi connectivity index (χ0) is 25.7. The highest BCUT2D eigenvalue weighted by molar-refractivity contribution is 14.1. The van der Waals surface area contributed by atoms with Crippen LogP contribution in [0.1, 0.15) is 93.4 Å². The van der Waals surface area contributed by atoms with Gasteiger partial charge in [-0.25, -0.2) is 0 Å². The van der Waals surface area contributed by atoms with E-state index in [0.29, 0.717) is 18.9 Å². The molecule has 2 aliphatic carbocycles. The van der Waals surface area contributed by atoms with Crippen molar-refractivity contribution in [3.05, 3.63) is 0 Å². The minimum absolute atomic E-state index is 0.0552. The van der Waals surface area contributed by atoms with Crippen molar-refractivity contribution in [1.29, 1.82) is 0 Å². The molecule has 196 valence electrons. The highest BCUT2D eigenvalue weighted by Gasteiger charge is 2.61. The molecule has 5 nitrogen and oxygen atoms in total. The van der Waals surface area contributed by atoms with Gasteiger partial charge in [0.1, 0.15) is 11.2 Å². The molecule has 6 atom stereocenters. The Morgan fingerprint density at radius 3 is 2.38 bits per heavy atom. The summed E-state index contributed by atoms with van der Waals surface area (Å²) in [5.41, 5.74) is -1.20. The van der Waals surface area contributed by atoms with Crippen LogP contribution < -0.4 is 0 Å². The van der Waals surface area contributed by atoms with Gasteiger partial charge in [0.25, 0.3) is 0 Å². The summed E-state index contributed by atoms with van der Waals surface area (Å²) >= 11 is 2.58. The van der Waals surface area contributed by atoms with Crippen LogP contribution in [0.15, 0.2) is 0 Å². The molecule has 1 heterocycles. The number of hydrogen-bond acceptors (Lipinski definition) is 5. The molecule has 3 aliphatic rings. The normalized spacial score (nSPS) is 36.8. The summed E-state index contributed by atoms with van der Waals surface area (Å²) in [6.45, 7) is 19.6. The Bertz CT molecular complexity index is 785. The predicted octanol–water partition coefficient (Wildman–Crippen LogP) is 7.06. The minimum Gasteiger partial charge on any atom is -0.460 e. The molecule has 1 aliphatic heterocycles. The Morgan fingerprint density at radius 1 is 1.15 bits per heavy atom. The molecule has 0 aromatic rings. The lowest BCUT2D eigenvalue weighted by molar-refractivity contribution is -0.167. The van der Waals surface area contributed by atoms with Crippen LogP contribution in [-0.4, -0.2) is 42.0 Å². The van der Waals surface area contributed by atoms with E-state index in [0.717, 1.165) is 19.3 Å². The second-order valence-corrected chi connectivity index (χ2v) is 20.2. The van der Waals surface area contributed by atoms with E-state index >= 15 is 0 Å². The third-order valence-corrected chi connectivity index (χ3v) is 15.3. The number of ether oxygens (including phenoxy) is 2. The summed E-state index contributed by atoms with van der Waals surface area (Å²) in [6.07, 6.45) is 6.52. The molecule has 2 saturated carbocycles. The molecule has 0 aromatic heterocycles. The summed E-state index contributed by atoms with van der Waals surface area (Å²) in [7, 11) is -2.07. The van der Waals surface area contributed by atoms with Crippen molar-refractivity contribution >= 4 is 42.8 Å². The van der Waals surface area contributed by atoms with Crippen LogP contribution in [0.4, 0.5) is 0 Å². The van der Waals surface area contributed by atoms with Gasteiger partial charge in [-0.15, -0.1) is 0 Å². The summed E-state index contributed by atoms with van der Waals surface area (Å²) in [5.74, 6) is -0.0746. The van der Waals surface area contributed by atoms with Crippen molar-refractivity contribution in [3.63, 3.8) is 0 Å². The van der Waals surface area contributed by atoms with Crippen LogP contribution >= 0.6 is 22.6 Å². The summed E-state index contributed by atoms with van der Waals surface area (Å²) in [4.78, 5) is 26.5. The zero-order valence-electron chi connectivity index (χ0n) is 22.9. The lowest BCUT2D eigenvalue weighted by Crippen LogP contribution is -2.55. The second kappa shape index (κ2) is 9.62. The summed E-state index contributed by atoms with van der Waals surface area (Å²) in [6, 6.07) is 0. The van der Waals surface area contributed by atoms with E-state index in [9.17, 15) is 9.59 Å². The molecule has 0 aromatic carbocycles. The first-order chi connectivity index (χ1) is 15.4. The maximum absolute atomic E-state index is 13.3. The fourth-order valence-corrected chi connectivity index (χ4v) is 9.32. The second-order valence-electron chi connectivity index (χ2n) is 14.0. The predicted molar refractivity (Wildman–Crippen MR) is 147 cm³/mol. The molecule has 0 amide bonds. The fourth-order valence-electron chi connectivity index (χ4n) is 6.14. The van der Waals surface area contributed by atoms with E-state index in [1.165, 1.54) is 12.8 Å². The molecular formula is C27H47IO5Si. The maximum Gasteiger partial charge on any atom is 0.309 e. The molecule has 1 saturated heterocycles. The van der Waals surface area contributed by atoms with Crippen LogP contribution in [0.5, 0.6) is 0 Å². The Kier molecular flexibility index (Phi) is 8.04. The number of esters is 2. The van der Waals surface area contributed by atoms with E-state index in [-0.39, 0.29) is 44.6 Å². The van der Waals surface area contributed by atoms with Gasteiger partial charge in [0.15, 0.2) is 8.32 Å². The molecule has 2 bridgehead atoms. The topological polar surface area (TPSA) is 61.8 Å². The highest BCUT2D eigenvalue weighted by atomic mass is 127. The largest absolute Gasteiger partial charge is 0.460 e. The molecule has 3 rings (SSSR count). The quantitative estimate of drug-likeness (QED) is 0.145. The molecule has 0 spiro atoms. The van der Waals surface area contributed by atoms with Gasteiger partial charge in [-0.3, -0.25) is 9.59 Å². The van der Waals surface area contributed by atoms with E-state index in [2.05, 4.69) is 63.4 Å². The van der Waals surface area contributed by atoms with Crippen molar-refractivity contribution in [3.8, 4) is 0 Å². The first kappa shape index (κ1) is 28.4. The number of rotatable bonds is 5. The van der Waals surface area contributed by atoms with Crippen LogP contribution in [0.2, 0.25) is 18.1 Å². The van der Waals surface area contributed by atoms with E-state index in [1.807, 2.05) is 20.8 Å². The molecule has 3 fully saturated rings. The van der Waals surface area contributed by atoms with E-state index in [1.54, 1.807) is 0 Å². The number of hydrogen-bond donors (Lipinski definition) is 0. The first-order valence-electron chi connectivity index (χ1n) is 13.1. The molecule has 0 unspecified atom stereocenters. The number of fused-ring (bicyclic) bond motifs is 3. The maximum atomic E-state index is 13.3. The van der Waals surface area contributed by atoms with Gasteiger partial charge < -0.3 is 13.9 Å². The SMILES string of the molecule is CC(C)(C)OC(=O)C[C@@H]1[C@H](I)[C@@H]2CCCC[C@]2(C)C[C@@H]2C[C@@]1(CO[Si](C)(C)C(C)(C)C)OC2=O. The van der Waals surface area contributed by atoms with Gasteiger partial charge in [-0.2, -0.15) is 0 Å². The minimum atomic E-state index is -2.07. The Hall–Kier alpha value is -0.153. The summed E-state index contributed by atoms with van der Waals surface area (Å²) < 4.78 is 19.1. The van der Waals surface area contributed by atoms with Gasteiger partial charge in [0.2, 0.25) is 0 Å². The Morgan fingerprint density at radius 2 is 1.79 bits per heavy atom. The van der Waals surface area contributed by atoms with Gasteiger partial charge in [0.05, 0.1) is 18.9 Å². The lowest BCUT2D eigenvalue weighted by atomic mass is 9.57. The van der Waals surface area contributed by atoms with Crippen molar-refractivity contribution < 1.29 is 23.5 Å². The fraction of sp³-hybridized carbons (Fsp3) is 0.926. The zero-order valence-corrected chi connectivity index (χ0v) is 26.0. The van der Waals surface area contributed by atoms with Crippen molar-refractivity contribution in [2.24, 2.45) is 23.2 Å². The number of carbonyl (C=O) groups is 2. The third kappa shape index (κ3) is 5.87. The van der Waals surface area contributed by atoms with Gasteiger partial charge in [-0.05, 0) is 69.5 Å². The number of halogens is 1. The van der Waals surface area contributed by atoms with E-state index < -0.39 is 19.5 Å². The van der Waals surface area contributed by atoms with Crippen LogP contribution in [-0.2, 0) is 23.5 Å². The van der Waals surface area contributed by atoms with Gasteiger partial charge >= 0.3 is 11.9 Å². The third-order valence-electron chi connectivity index (χ3n) is 9.08.